The molecular formula is C21H20N4O2S2. The van der Waals surface area contributed by atoms with Crippen LogP contribution in [-0.2, 0) is 12.8 Å². The molecule has 2 heterocycles. The third-order valence-corrected chi connectivity index (χ3v) is 6.39. The molecule has 0 aliphatic rings. The molecule has 0 fully saturated rings. The topological polar surface area (TPSA) is 62.1 Å². The van der Waals surface area contributed by atoms with Gasteiger partial charge in [0.25, 0.3) is 0 Å². The standard InChI is InChI=1S/C21H20N4O2S2/c1-25-19(17-9-4-5-10-18(17)27-3)23-24-21(25)29-13-15-12-28-20(22-15)14-7-6-8-16(11-14)26-2/h4-12H,13H2,1-3H3. The summed E-state index contributed by atoms with van der Waals surface area (Å²) in [7, 11) is 5.29. The molecule has 2 aromatic heterocycles. The fourth-order valence-corrected chi connectivity index (χ4v) is 4.63. The number of thiazole rings is 1. The molecule has 2 aromatic carbocycles. The minimum Gasteiger partial charge on any atom is -0.497 e. The summed E-state index contributed by atoms with van der Waals surface area (Å²) in [5.74, 6) is 3.11. The van der Waals surface area contributed by atoms with E-state index in [1.54, 1.807) is 37.3 Å². The quantitative estimate of drug-likeness (QED) is 0.393. The maximum Gasteiger partial charge on any atom is 0.191 e. The van der Waals surface area contributed by atoms with Crippen molar-refractivity contribution in [2.24, 2.45) is 7.05 Å². The summed E-state index contributed by atoms with van der Waals surface area (Å²) in [6, 6.07) is 15.8. The molecule has 148 valence electrons. The van der Waals surface area contributed by atoms with E-state index in [0.717, 1.165) is 50.1 Å². The average Bonchev–Trinajstić information content (AvgIpc) is 3.39. The zero-order valence-corrected chi connectivity index (χ0v) is 18.0. The van der Waals surface area contributed by atoms with Gasteiger partial charge in [-0.05, 0) is 24.3 Å². The van der Waals surface area contributed by atoms with Gasteiger partial charge in [0.1, 0.15) is 16.5 Å². The van der Waals surface area contributed by atoms with E-state index >= 15 is 0 Å². The second kappa shape index (κ2) is 8.67. The Bertz CT molecular complexity index is 1120. The Hall–Kier alpha value is -2.84. The van der Waals surface area contributed by atoms with Crippen LogP contribution in [-0.4, -0.2) is 34.0 Å². The lowest BCUT2D eigenvalue weighted by atomic mass is 10.2. The molecule has 0 amide bonds. The lowest BCUT2D eigenvalue weighted by Crippen LogP contribution is -1.97. The van der Waals surface area contributed by atoms with Gasteiger partial charge in [-0.2, -0.15) is 0 Å². The first kappa shape index (κ1) is 19.5. The largest absolute Gasteiger partial charge is 0.497 e. The SMILES string of the molecule is COc1cccc(-c2nc(CSc3nnc(-c4ccccc4OC)n3C)cs2)c1. The molecule has 4 rings (SSSR count). The van der Waals surface area contributed by atoms with Gasteiger partial charge in [0, 0.05) is 23.7 Å². The molecule has 8 heteroatoms. The van der Waals surface area contributed by atoms with E-state index < -0.39 is 0 Å². The van der Waals surface area contributed by atoms with Crippen LogP contribution in [0.25, 0.3) is 22.0 Å². The number of methoxy groups -OCH3 is 2. The molecule has 0 unspecified atom stereocenters. The number of thioether (sulfide) groups is 1. The smallest absolute Gasteiger partial charge is 0.191 e. The maximum absolute atomic E-state index is 5.45. The highest BCUT2D eigenvalue weighted by molar-refractivity contribution is 7.98. The molecule has 0 saturated heterocycles. The van der Waals surface area contributed by atoms with Gasteiger partial charge in [-0.1, -0.05) is 36.0 Å². The van der Waals surface area contributed by atoms with Gasteiger partial charge >= 0.3 is 0 Å². The third-order valence-electron chi connectivity index (χ3n) is 4.40. The van der Waals surface area contributed by atoms with E-state index in [2.05, 4.69) is 15.6 Å². The first-order chi connectivity index (χ1) is 14.2. The number of ether oxygens (including phenoxy) is 2. The van der Waals surface area contributed by atoms with Crippen molar-refractivity contribution in [3.8, 4) is 33.5 Å². The molecule has 0 N–H and O–H groups in total. The van der Waals surface area contributed by atoms with Crippen molar-refractivity contribution in [1.82, 2.24) is 19.7 Å². The van der Waals surface area contributed by atoms with Crippen molar-refractivity contribution >= 4 is 23.1 Å². The molecule has 0 saturated carbocycles. The van der Waals surface area contributed by atoms with E-state index in [1.807, 2.05) is 60.1 Å². The van der Waals surface area contributed by atoms with Crippen molar-refractivity contribution < 1.29 is 9.47 Å². The van der Waals surface area contributed by atoms with E-state index in [4.69, 9.17) is 14.5 Å². The van der Waals surface area contributed by atoms with Gasteiger partial charge in [-0.15, -0.1) is 21.5 Å². The molecule has 0 radical (unpaired) electrons. The van der Waals surface area contributed by atoms with Crippen LogP contribution in [0.5, 0.6) is 11.5 Å². The van der Waals surface area contributed by atoms with Crippen LogP contribution in [0.3, 0.4) is 0 Å². The number of hydrogen-bond acceptors (Lipinski definition) is 7. The van der Waals surface area contributed by atoms with Crippen molar-refractivity contribution in [3.63, 3.8) is 0 Å². The van der Waals surface area contributed by atoms with Gasteiger partial charge in [0.05, 0.1) is 25.5 Å². The minimum atomic E-state index is 0.721. The first-order valence-corrected chi connectivity index (χ1v) is 10.8. The number of hydrogen-bond donors (Lipinski definition) is 0. The van der Waals surface area contributed by atoms with Gasteiger partial charge < -0.3 is 14.0 Å². The fourth-order valence-electron chi connectivity index (χ4n) is 2.90. The van der Waals surface area contributed by atoms with Crippen LogP contribution >= 0.6 is 23.1 Å². The van der Waals surface area contributed by atoms with E-state index in [0.29, 0.717) is 0 Å². The number of aromatic nitrogens is 4. The summed E-state index contributed by atoms with van der Waals surface area (Å²) < 4.78 is 12.7. The Balaban J connectivity index is 1.49. The Morgan fingerprint density at radius 2 is 1.90 bits per heavy atom. The average molecular weight is 425 g/mol. The van der Waals surface area contributed by atoms with Crippen LogP contribution in [0.1, 0.15) is 5.69 Å². The zero-order chi connectivity index (χ0) is 20.2. The van der Waals surface area contributed by atoms with E-state index in [1.165, 1.54) is 0 Å². The van der Waals surface area contributed by atoms with Crippen molar-refractivity contribution in [1.29, 1.82) is 0 Å². The Kier molecular flexibility index (Phi) is 5.82. The van der Waals surface area contributed by atoms with Crippen LogP contribution in [0.15, 0.2) is 59.1 Å². The zero-order valence-electron chi connectivity index (χ0n) is 16.3. The second-order valence-corrected chi connectivity index (χ2v) is 8.03. The van der Waals surface area contributed by atoms with Crippen molar-refractivity contribution in [3.05, 3.63) is 59.6 Å². The third kappa shape index (κ3) is 4.13. The monoisotopic (exact) mass is 424 g/mol. The minimum absolute atomic E-state index is 0.721. The van der Waals surface area contributed by atoms with Gasteiger partial charge in [-0.25, -0.2) is 4.98 Å². The molecule has 29 heavy (non-hydrogen) atoms. The maximum atomic E-state index is 5.45. The molecule has 0 spiro atoms. The van der Waals surface area contributed by atoms with Crippen LogP contribution in [0.2, 0.25) is 0 Å². The van der Waals surface area contributed by atoms with Gasteiger partial charge in [0.2, 0.25) is 0 Å². The van der Waals surface area contributed by atoms with Crippen molar-refractivity contribution in [2.75, 3.05) is 14.2 Å². The highest BCUT2D eigenvalue weighted by Crippen LogP contribution is 2.32. The molecule has 0 bridgehead atoms. The molecule has 0 aliphatic heterocycles. The van der Waals surface area contributed by atoms with Gasteiger partial charge in [-0.3, -0.25) is 0 Å². The highest BCUT2D eigenvalue weighted by atomic mass is 32.2. The number of para-hydroxylation sites is 1. The van der Waals surface area contributed by atoms with Crippen LogP contribution in [0.4, 0.5) is 0 Å². The lowest BCUT2D eigenvalue weighted by Gasteiger charge is -2.07. The van der Waals surface area contributed by atoms with Crippen LogP contribution in [0, 0.1) is 0 Å². The summed E-state index contributed by atoms with van der Waals surface area (Å²) in [5, 5.41) is 12.6. The second-order valence-electron chi connectivity index (χ2n) is 6.23. The number of rotatable bonds is 7. The summed E-state index contributed by atoms with van der Waals surface area (Å²) in [4.78, 5) is 4.76. The Morgan fingerprint density at radius 1 is 1.03 bits per heavy atom. The summed E-state index contributed by atoms with van der Waals surface area (Å²) in [6.07, 6.45) is 0. The van der Waals surface area contributed by atoms with Gasteiger partial charge in [0.15, 0.2) is 11.0 Å². The molecule has 0 atom stereocenters. The first-order valence-electron chi connectivity index (χ1n) is 8.94. The highest BCUT2D eigenvalue weighted by Gasteiger charge is 2.15. The van der Waals surface area contributed by atoms with Crippen molar-refractivity contribution in [2.45, 2.75) is 10.9 Å². The number of benzene rings is 2. The molecule has 0 aliphatic carbocycles. The Morgan fingerprint density at radius 3 is 2.72 bits per heavy atom. The predicted octanol–water partition coefficient (Wildman–Crippen LogP) is 4.92. The molecule has 6 nitrogen and oxygen atoms in total. The lowest BCUT2D eigenvalue weighted by molar-refractivity contribution is 0.415. The fraction of sp³-hybridized carbons (Fsp3) is 0.190. The number of nitrogens with zero attached hydrogens (tertiary/aromatic N) is 4. The Labute approximate surface area is 177 Å². The predicted molar refractivity (Wildman–Crippen MR) is 117 cm³/mol. The summed E-state index contributed by atoms with van der Waals surface area (Å²) in [6.45, 7) is 0. The van der Waals surface area contributed by atoms with E-state index in [9.17, 15) is 0 Å². The van der Waals surface area contributed by atoms with E-state index in [-0.39, 0.29) is 0 Å². The molecular weight excluding hydrogens is 404 g/mol. The summed E-state index contributed by atoms with van der Waals surface area (Å²) in [5.41, 5.74) is 2.99. The summed E-state index contributed by atoms with van der Waals surface area (Å²) >= 11 is 3.24. The molecule has 4 aromatic rings. The van der Waals surface area contributed by atoms with Crippen LogP contribution < -0.4 is 9.47 Å². The normalized spacial score (nSPS) is 10.9.